The number of fused-ring (bicyclic) bond motifs is 1. The van der Waals surface area contributed by atoms with Gasteiger partial charge in [0.1, 0.15) is 0 Å². The highest BCUT2D eigenvalue weighted by molar-refractivity contribution is 7.09. The number of nitrogens with zero attached hydrogens (tertiary/aromatic N) is 1. The summed E-state index contributed by atoms with van der Waals surface area (Å²) in [6.45, 7) is 5.09. The summed E-state index contributed by atoms with van der Waals surface area (Å²) < 4.78 is 0. The number of carbonyl (C=O) groups excluding carboxylic acids is 1. The van der Waals surface area contributed by atoms with Crippen molar-refractivity contribution in [1.29, 1.82) is 0 Å². The molecule has 3 N–H and O–H groups in total. The highest BCUT2D eigenvalue weighted by atomic mass is 32.1. The van der Waals surface area contributed by atoms with Gasteiger partial charge in [-0.2, -0.15) is 0 Å². The predicted molar refractivity (Wildman–Crippen MR) is 93.8 cm³/mol. The van der Waals surface area contributed by atoms with E-state index in [-0.39, 0.29) is 6.03 Å². The van der Waals surface area contributed by atoms with Gasteiger partial charge in [0, 0.05) is 28.5 Å². The van der Waals surface area contributed by atoms with Gasteiger partial charge in [-0.15, -0.1) is 11.3 Å². The van der Waals surface area contributed by atoms with Crippen molar-refractivity contribution in [3.8, 4) is 0 Å². The molecule has 0 fully saturated rings. The van der Waals surface area contributed by atoms with Crippen LogP contribution in [0.15, 0.2) is 29.6 Å². The van der Waals surface area contributed by atoms with E-state index in [9.17, 15) is 4.79 Å². The summed E-state index contributed by atoms with van der Waals surface area (Å²) in [5, 5.41) is 9.93. The Bertz CT molecular complexity index is 821. The first-order valence-corrected chi connectivity index (χ1v) is 8.50. The van der Waals surface area contributed by atoms with Crippen LogP contribution in [-0.2, 0) is 13.0 Å². The average molecular weight is 328 g/mol. The van der Waals surface area contributed by atoms with E-state index >= 15 is 0 Å². The van der Waals surface area contributed by atoms with Crippen LogP contribution in [0.1, 0.15) is 22.0 Å². The number of thiazole rings is 1. The summed E-state index contributed by atoms with van der Waals surface area (Å²) in [4.78, 5) is 19.5. The first kappa shape index (κ1) is 15.6. The van der Waals surface area contributed by atoms with Crippen molar-refractivity contribution in [2.75, 3.05) is 6.54 Å². The molecular formula is C17H20N4OS. The third-order valence-corrected chi connectivity index (χ3v) is 4.61. The molecule has 5 nitrogen and oxygen atoms in total. The molecule has 3 rings (SSSR count). The van der Waals surface area contributed by atoms with Gasteiger partial charge in [-0.05, 0) is 31.9 Å². The molecule has 2 aromatic heterocycles. The minimum absolute atomic E-state index is 0.159. The molecule has 23 heavy (non-hydrogen) atoms. The summed E-state index contributed by atoms with van der Waals surface area (Å²) in [6, 6.07) is 8.08. The molecule has 6 heteroatoms. The maximum atomic E-state index is 11.8. The van der Waals surface area contributed by atoms with Gasteiger partial charge >= 0.3 is 6.03 Å². The van der Waals surface area contributed by atoms with Crippen LogP contribution in [-0.4, -0.2) is 22.5 Å². The van der Waals surface area contributed by atoms with Crippen LogP contribution in [0.2, 0.25) is 0 Å². The monoisotopic (exact) mass is 328 g/mol. The highest BCUT2D eigenvalue weighted by Gasteiger charge is 2.08. The molecular weight excluding hydrogens is 308 g/mol. The number of aromatic nitrogens is 2. The van der Waals surface area contributed by atoms with Crippen molar-refractivity contribution in [3.63, 3.8) is 0 Å². The van der Waals surface area contributed by atoms with E-state index in [1.54, 1.807) is 11.3 Å². The molecule has 0 aliphatic rings. The Morgan fingerprint density at radius 3 is 2.87 bits per heavy atom. The number of nitrogens with one attached hydrogen (secondary N) is 3. The van der Waals surface area contributed by atoms with E-state index in [4.69, 9.17) is 0 Å². The minimum atomic E-state index is -0.159. The molecule has 0 saturated heterocycles. The Balaban J connectivity index is 1.50. The number of aromatic amines is 1. The number of carbonyl (C=O) groups is 1. The lowest BCUT2D eigenvalue weighted by Gasteiger charge is -2.07. The number of aryl methyl sites for hydroxylation is 2. The van der Waals surface area contributed by atoms with E-state index in [0.717, 1.165) is 28.3 Å². The molecule has 3 aromatic rings. The molecule has 0 radical (unpaired) electrons. The standard InChI is InChI=1S/C17H20N4OS/c1-11-14(15-5-3-4-6-16(15)20-11)7-8-18-17(22)19-9-13-10-23-12(2)21-13/h3-6,10,20H,7-9H2,1-2H3,(H2,18,19,22). The summed E-state index contributed by atoms with van der Waals surface area (Å²) >= 11 is 1.59. The maximum absolute atomic E-state index is 11.8. The van der Waals surface area contributed by atoms with Crippen molar-refractivity contribution in [1.82, 2.24) is 20.6 Å². The van der Waals surface area contributed by atoms with Crippen LogP contribution in [0, 0.1) is 13.8 Å². The quantitative estimate of drug-likeness (QED) is 0.673. The fourth-order valence-electron chi connectivity index (χ4n) is 2.68. The highest BCUT2D eigenvalue weighted by Crippen LogP contribution is 2.21. The Morgan fingerprint density at radius 2 is 2.09 bits per heavy atom. The van der Waals surface area contributed by atoms with Gasteiger partial charge in [-0.1, -0.05) is 18.2 Å². The Morgan fingerprint density at radius 1 is 1.26 bits per heavy atom. The largest absolute Gasteiger partial charge is 0.358 e. The van der Waals surface area contributed by atoms with Crippen LogP contribution >= 0.6 is 11.3 Å². The lowest BCUT2D eigenvalue weighted by Crippen LogP contribution is -2.36. The summed E-state index contributed by atoms with van der Waals surface area (Å²) in [7, 11) is 0. The first-order chi connectivity index (χ1) is 11.1. The van der Waals surface area contributed by atoms with Crippen molar-refractivity contribution in [3.05, 3.63) is 51.6 Å². The topological polar surface area (TPSA) is 69.8 Å². The maximum Gasteiger partial charge on any atom is 0.315 e. The molecule has 0 unspecified atom stereocenters. The van der Waals surface area contributed by atoms with Gasteiger partial charge in [-0.3, -0.25) is 0 Å². The number of para-hydroxylation sites is 1. The molecule has 0 aliphatic carbocycles. The number of hydrogen-bond acceptors (Lipinski definition) is 3. The molecule has 0 bridgehead atoms. The van der Waals surface area contributed by atoms with Crippen LogP contribution in [0.25, 0.3) is 10.9 Å². The van der Waals surface area contributed by atoms with Gasteiger partial charge in [0.05, 0.1) is 17.2 Å². The molecule has 0 spiro atoms. The van der Waals surface area contributed by atoms with Crippen LogP contribution < -0.4 is 10.6 Å². The van der Waals surface area contributed by atoms with E-state index in [1.807, 2.05) is 24.4 Å². The van der Waals surface area contributed by atoms with Gasteiger partial charge in [-0.25, -0.2) is 9.78 Å². The van der Waals surface area contributed by atoms with Crippen molar-refractivity contribution < 1.29 is 4.79 Å². The van der Waals surface area contributed by atoms with Crippen molar-refractivity contribution >= 4 is 28.3 Å². The molecule has 0 aliphatic heterocycles. The van der Waals surface area contributed by atoms with E-state index in [0.29, 0.717) is 13.1 Å². The zero-order valence-corrected chi connectivity index (χ0v) is 14.1. The number of hydrogen-bond donors (Lipinski definition) is 3. The molecule has 120 valence electrons. The average Bonchev–Trinajstić information content (AvgIpc) is 3.09. The molecule has 0 saturated carbocycles. The van der Waals surface area contributed by atoms with E-state index in [1.165, 1.54) is 10.9 Å². The second-order valence-corrected chi connectivity index (χ2v) is 6.55. The molecule has 2 amide bonds. The van der Waals surface area contributed by atoms with E-state index in [2.05, 4.69) is 39.7 Å². The predicted octanol–water partition coefficient (Wildman–Crippen LogP) is 3.28. The Kier molecular flexibility index (Phi) is 4.62. The van der Waals surface area contributed by atoms with Crippen LogP contribution in [0.4, 0.5) is 4.79 Å². The second-order valence-electron chi connectivity index (χ2n) is 5.49. The fraction of sp³-hybridized carbons (Fsp3) is 0.294. The number of urea groups is 1. The third-order valence-electron chi connectivity index (χ3n) is 3.78. The van der Waals surface area contributed by atoms with Crippen LogP contribution in [0.3, 0.4) is 0 Å². The SMILES string of the molecule is Cc1nc(CNC(=O)NCCc2c(C)[nH]c3ccccc23)cs1. The zero-order chi connectivity index (χ0) is 16.2. The van der Waals surface area contributed by atoms with Crippen LogP contribution in [0.5, 0.6) is 0 Å². The lowest BCUT2D eigenvalue weighted by atomic mass is 10.1. The lowest BCUT2D eigenvalue weighted by molar-refractivity contribution is 0.240. The van der Waals surface area contributed by atoms with Gasteiger partial charge < -0.3 is 15.6 Å². The van der Waals surface area contributed by atoms with Gasteiger partial charge in [0.25, 0.3) is 0 Å². The number of H-pyrrole nitrogens is 1. The van der Waals surface area contributed by atoms with E-state index < -0.39 is 0 Å². The summed E-state index contributed by atoms with van der Waals surface area (Å²) in [5.74, 6) is 0. The number of amides is 2. The Hall–Kier alpha value is -2.34. The second kappa shape index (κ2) is 6.83. The molecule has 2 heterocycles. The van der Waals surface area contributed by atoms with Gasteiger partial charge in [0.15, 0.2) is 0 Å². The summed E-state index contributed by atoms with van der Waals surface area (Å²) in [5.41, 5.74) is 4.46. The number of rotatable bonds is 5. The first-order valence-electron chi connectivity index (χ1n) is 7.62. The van der Waals surface area contributed by atoms with Crippen molar-refractivity contribution in [2.24, 2.45) is 0 Å². The smallest absolute Gasteiger partial charge is 0.315 e. The number of benzene rings is 1. The van der Waals surface area contributed by atoms with Crippen molar-refractivity contribution in [2.45, 2.75) is 26.8 Å². The minimum Gasteiger partial charge on any atom is -0.358 e. The normalized spacial score (nSPS) is 10.9. The fourth-order valence-corrected chi connectivity index (χ4v) is 3.29. The molecule has 1 aromatic carbocycles. The zero-order valence-electron chi connectivity index (χ0n) is 13.3. The Labute approximate surface area is 139 Å². The molecule has 0 atom stereocenters. The summed E-state index contributed by atoms with van der Waals surface area (Å²) in [6.07, 6.45) is 0.805. The van der Waals surface area contributed by atoms with Gasteiger partial charge in [0.2, 0.25) is 0 Å². The third kappa shape index (κ3) is 3.71.